The zero-order chi connectivity index (χ0) is 16.9. The summed E-state index contributed by atoms with van der Waals surface area (Å²) in [4.78, 5) is 25.2. The van der Waals surface area contributed by atoms with Crippen molar-refractivity contribution in [2.75, 3.05) is 26.0 Å². The maximum atomic E-state index is 12.8. The van der Waals surface area contributed by atoms with E-state index in [4.69, 9.17) is 0 Å². The zero-order valence-corrected chi connectivity index (χ0v) is 12.3. The van der Waals surface area contributed by atoms with Gasteiger partial charge in [0, 0.05) is 27.2 Å². The Labute approximate surface area is 126 Å². The maximum absolute atomic E-state index is 12.8. The Morgan fingerprint density at radius 3 is 2.36 bits per heavy atom. The van der Waals surface area contributed by atoms with E-state index in [9.17, 15) is 22.8 Å². The fourth-order valence-electron chi connectivity index (χ4n) is 1.68. The molecule has 1 N–H and O–H groups in total. The van der Waals surface area contributed by atoms with Crippen LogP contribution in [0.3, 0.4) is 0 Å². The number of anilines is 1. The molecule has 0 aromatic heterocycles. The van der Waals surface area contributed by atoms with Crippen molar-refractivity contribution >= 4 is 18.0 Å². The Morgan fingerprint density at radius 2 is 1.91 bits per heavy atom. The molecule has 0 bridgehead atoms. The molecule has 5 nitrogen and oxygen atoms in total. The van der Waals surface area contributed by atoms with Crippen LogP contribution < -0.4 is 10.2 Å². The molecule has 0 spiro atoms. The predicted molar refractivity (Wildman–Crippen MR) is 75.8 cm³/mol. The quantitative estimate of drug-likeness (QED) is 0.666. The van der Waals surface area contributed by atoms with Gasteiger partial charge in [-0.25, -0.2) is 0 Å². The minimum Gasteiger partial charge on any atom is -0.364 e. The smallest absolute Gasteiger partial charge is 0.364 e. The first-order valence-electron chi connectivity index (χ1n) is 6.23. The first kappa shape index (κ1) is 17.5. The van der Waals surface area contributed by atoms with Gasteiger partial charge in [-0.1, -0.05) is 6.07 Å². The molecule has 0 aliphatic carbocycles. The van der Waals surface area contributed by atoms with Crippen LogP contribution in [0.2, 0.25) is 0 Å². The molecule has 0 unspecified atom stereocenters. The van der Waals surface area contributed by atoms with Crippen LogP contribution in [0, 0.1) is 0 Å². The Bertz CT molecular complexity index is 583. The van der Waals surface area contributed by atoms with Crippen LogP contribution in [0.5, 0.6) is 0 Å². The van der Waals surface area contributed by atoms with Crippen molar-refractivity contribution in [3.8, 4) is 0 Å². The fourth-order valence-corrected chi connectivity index (χ4v) is 1.68. The van der Waals surface area contributed by atoms with Gasteiger partial charge in [0.25, 0.3) is 0 Å². The van der Waals surface area contributed by atoms with Crippen molar-refractivity contribution in [2.24, 2.45) is 0 Å². The topological polar surface area (TPSA) is 52.7 Å². The third-order valence-electron chi connectivity index (χ3n) is 2.77. The van der Waals surface area contributed by atoms with E-state index in [0.717, 1.165) is 23.1 Å². The van der Waals surface area contributed by atoms with Gasteiger partial charge >= 0.3 is 6.18 Å². The van der Waals surface area contributed by atoms with Gasteiger partial charge in [0.05, 0.1) is 11.3 Å². The number of hydrogen-bond donors (Lipinski definition) is 1. The van der Waals surface area contributed by atoms with E-state index in [2.05, 4.69) is 5.32 Å². The Hall–Kier alpha value is -2.51. The van der Waals surface area contributed by atoms with Gasteiger partial charge in [0.15, 0.2) is 0 Å². The van der Waals surface area contributed by atoms with E-state index >= 15 is 0 Å². The molecule has 0 saturated carbocycles. The highest BCUT2D eigenvalue weighted by molar-refractivity contribution is 5.91. The molecule has 1 aromatic carbocycles. The number of nitrogens with zero attached hydrogens (tertiary/aromatic N) is 2. The lowest BCUT2D eigenvalue weighted by Gasteiger charge is -2.27. The number of carbonyl (C=O) groups is 2. The van der Waals surface area contributed by atoms with Crippen molar-refractivity contribution in [2.45, 2.75) is 6.18 Å². The fraction of sp³-hybridized carbons (Fsp3) is 0.286. The maximum Gasteiger partial charge on any atom is 0.416 e. The predicted octanol–water partition coefficient (Wildman–Crippen LogP) is 1.82. The normalized spacial score (nSPS) is 11.8. The van der Waals surface area contributed by atoms with Crippen molar-refractivity contribution in [1.29, 1.82) is 0 Å². The second-order valence-corrected chi connectivity index (χ2v) is 4.53. The summed E-state index contributed by atoms with van der Waals surface area (Å²) in [6, 6.07) is 4.30. The van der Waals surface area contributed by atoms with Crippen LogP contribution in [-0.4, -0.2) is 38.4 Å². The Balaban J connectivity index is 3.32. The largest absolute Gasteiger partial charge is 0.416 e. The SMILES string of the molecule is CNC(=O)/C=C(/N(C)C)N(C=O)c1cccc(C(F)(F)F)c1. The molecule has 0 saturated heterocycles. The number of benzene rings is 1. The van der Waals surface area contributed by atoms with Crippen molar-refractivity contribution < 1.29 is 22.8 Å². The van der Waals surface area contributed by atoms with E-state index in [1.165, 1.54) is 24.1 Å². The van der Waals surface area contributed by atoms with Gasteiger partial charge in [-0.2, -0.15) is 13.2 Å². The van der Waals surface area contributed by atoms with Gasteiger partial charge in [-0.05, 0) is 18.2 Å². The van der Waals surface area contributed by atoms with E-state index in [1.807, 2.05) is 0 Å². The lowest BCUT2D eigenvalue weighted by molar-refractivity contribution is -0.137. The van der Waals surface area contributed by atoms with E-state index in [0.29, 0.717) is 6.41 Å². The summed E-state index contributed by atoms with van der Waals surface area (Å²) in [5.74, 6) is -0.351. The molecular weight excluding hydrogens is 299 g/mol. The summed E-state index contributed by atoms with van der Waals surface area (Å²) in [6.07, 6.45) is -3.05. The van der Waals surface area contributed by atoms with Gasteiger partial charge in [-0.3, -0.25) is 14.5 Å². The lowest BCUT2D eigenvalue weighted by Crippen LogP contribution is -2.32. The van der Waals surface area contributed by atoms with E-state index in [1.54, 1.807) is 14.1 Å². The van der Waals surface area contributed by atoms with Crippen molar-refractivity contribution in [1.82, 2.24) is 10.2 Å². The average molecular weight is 315 g/mol. The molecule has 0 fully saturated rings. The molecular formula is C14H16F3N3O2. The third-order valence-corrected chi connectivity index (χ3v) is 2.77. The summed E-state index contributed by atoms with van der Waals surface area (Å²) in [5.41, 5.74) is -0.872. The average Bonchev–Trinajstić information content (AvgIpc) is 2.46. The number of likely N-dealkylation sites (N-methyl/N-ethyl adjacent to an activating group) is 1. The number of halogens is 3. The third kappa shape index (κ3) is 4.24. The second-order valence-electron chi connectivity index (χ2n) is 4.53. The standard InChI is InChI=1S/C14H16F3N3O2/c1-18-12(22)8-13(19(2)3)20(9-21)11-6-4-5-10(7-11)14(15,16)17/h4-9H,1-3H3,(H,18,22)/b13-8-. The number of rotatable bonds is 5. The first-order valence-corrected chi connectivity index (χ1v) is 6.23. The molecule has 8 heteroatoms. The second kappa shape index (κ2) is 6.97. The summed E-state index contributed by atoms with van der Waals surface area (Å²) >= 11 is 0. The number of alkyl halides is 3. The van der Waals surface area contributed by atoms with Gasteiger partial charge < -0.3 is 10.2 Å². The zero-order valence-electron chi connectivity index (χ0n) is 12.3. The number of nitrogens with one attached hydrogen (secondary N) is 1. The molecule has 1 rings (SSSR count). The lowest BCUT2D eigenvalue weighted by atomic mass is 10.2. The molecule has 22 heavy (non-hydrogen) atoms. The summed E-state index contributed by atoms with van der Waals surface area (Å²) in [5, 5.41) is 2.35. The van der Waals surface area contributed by atoms with Gasteiger partial charge in [0.1, 0.15) is 5.82 Å². The monoisotopic (exact) mass is 315 g/mol. The summed E-state index contributed by atoms with van der Waals surface area (Å²) in [6.45, 7) is 0. The van der Waals surface area contributed by atoms with E-state index in [-0.39, 0.29) is 11.5 Å². The van der Waals surface area contributed by atoms with Crippen LogP contribution in [0.25, 0.3) is 0 Å². The molecule has 1 aromatic rings. The highest BCUT2D eigenvalue weighted by Crippen LogP contribution is 2.32. The van der Waals surface area contributed by atoms with Crippen LogP contribution in [0.1, 0.15) is 5.56 Å². The first-order chi connectivity index (χ1) is 10.2. The number of hydrogen-bond acceptors (Lipinski definition) is 3. The van der Waals surface area contributed by atoms with Gasteiger partial charge in [0.2, 0.25) is 12.3 Å². The van der Waals surface area contributed by atoms with Crippen LogP contribution in [0.15, 0.2) is 36.2 Å². The molecule has 0 aliphatic rings. The Morgan fingerprint density at radius 1 is 1.27 bits per heavy atom. The summed E-state index contributed by atoms with van der Waals surface area (Å²) < 4.78 is 38.3. The summed E-state index contributed by atoms with van der Waals surface area (Å²) in [7, 11) is 4.54. The van der Waals surface area contributed by atoms with Gasteiger partial charge in [-0.15, -0.1) is 0 Å². The van der Waals surface area contributed by atoms with Crippen molar-refractivity contribution in [3.05, 3.63) is 41.7 Å². The van der Waals surface area contributed by atoms with Crippen LogP contribution in [-0.2, 0) is 15.8 Å². The van der Waals surface area contributed by atoms with Crippen LogP contribution in [0.4, 0.5) is 18.9 Å². The molecule has 2 amide bonds. The highest BCUT2D eigenvalue weighted by atomic mass is 19.4. The Kier molecular flexibility index (Phi) is 5.56. The van der Waals surface area contributed by atoms with Crippen molar-refractivity contribution in [3.63, 3.8) is 0 Å². The molecule has 0 radical (unpaired) electrons. The van der Waals surface area contributed by atoms with Crippen LogP contribution >= 0.6 is 0 Å². The molecule has 120 valence electrons. The minimum atomic E-state index is -4.52. The number of carbonyl (C=O) groups excluding carboxylic acids is 2. The van der Waals surface area contributed by atoms with E-state index < -0.39 is 17.6 Å². The molecule has 0 aliphatic heterocycles. The highest BCUT2D eigenvalue weighted by Gasteiger charge is 2.31. The number of amides is 2. The molecule has 0 heterocycles. The molecule has 0 atom stereocenters. The minimum absolute atomic E-state index is 0.00804.